The van der Waals surface area contributed by atoms with Crippen LogP contribution in [0.4, 0.5) is 15.8 Å². The summed E-state index contributed by atoms with van der Waals surface area (Å²) in [5.74, 6) is 0.202. The van der Waals surface area contributed by atoms with Gasteiger partial charge in [-0.2, -0.15) is 0 Å². The van der Waals surface area contributed by atoms with Crippen LogP contribution in [-0.2, 0) is 6.54 Å². The number of halogens is 1. The Labute approximate surface area is 252 Å². The molecule has 0 aromatic heterocycles. The number of ether oxygens (including phenoxy) is 2. The minimum absolute atomic E-state index is 0.0604. The Morgan fingerprint density at radius 3 is 2.23 bits per heavy atom. The first kappa shape index (κ1) is 30.3. The van der Waals surface area contributed by atoms with Gasteiger partial charge in [-0.15, -0.1) is 0 Å². The van der Waals surface area contributed by atoms with Crippen LogP contribution in [0.5, 0.6) is 11.5 Å². The molecular formula is C33H40FN5O4. The predicted octanol–water partition coefficient (Wildman–Crippen LogP) is 4.42. The van der Waals surface area contributed by atoms with Gasteiger partial charge in [0.15, 0.2) is 11.5 Å². The highest BCUT2D eigenvalue weighted by molar-refractivity contribution is 6.06. The van der Waals surface area contributed by atoms with E-state index in [0.29, 0.717) is 34.9 Å². The molecule has 1 aliphatic carbocycles. The average molecular weight is 590 g/mol. The zero-order valence-electron chi connectivity index (χ0n) is 24.8. The van der Waals surface area contributed by atoms with E-state index in [2.05, 4.69) is 20.4 Å². The number of amides is 2. The largest absolute Gasteiger partial charge is 0.493 e. The summed E-state index contributed by atoms with van der Waals surface area (Å²) in [5.41, 5.74) is 9.61. The number of hydrogen-bond acceptors (Lipinski definition) is 7. The number of rotatable bonds is 9. The van der Waals surface area contributed by atoms with E-state index in [1.165, 1.54) is 19.2 Å². The van der Waals surface area contributed by atoms with E-state index in [1.54, 1.807) is 49.6 Å². The zero-order valence-corrected chi connectivity index (χ0v) is 24.8. The number of anilines is 2. The molecule has 4 N–H and O–H groups in total. The van der Waals surface area contributed by atoms with Crippen molar-refractivity contribution in [1.82, 2.24) is 10.2 Å². The Balaban J connectivity index is 1.34. The molecule has 1 heterocycles. The Morgan fingerprint density at radius 1 is 0.860 bits per heavy atom. The van der Waals surface area contributed by atoms with Crippen LogP contribution >= 0.6 is 0 Å². The molecule has 0 radical (unpaired) electrons. The van der Waals surface area contributed by atoms with Crippen LogP contribution in [0, 0.1) is 5.82 Å². The second kappa shape index (κ2) is 13.9. The summed E-state index contributed by atoms with van der Waals surface area (Å²) in [6.07, 6.45) is 3.87. The van der Waals surface area contributed by atoms with Crippen LogP contribution in [-0.4, -0.2) is 69.2 Å². The zero-order chi connectivity index (χ0) is 30.3. The van der Waals surface area contributed by atoms with Crippen LogP contribution in [0.1, 0.15) is 52.0 Å². The standard InChI is InChI=1S/C33H40FN5O4/c1-42-30-14-9-23(20-31(30)43-2)33(41)37-29-19-22(32(40)36-28-6-4-3-5-27(28)35)7-8-24(29)21-38-15-17-39(18-16-38)26-12-10-25(34)11-13-26/h7-14,19-20,27-28H,3-6,15-18,21,35H2,1-2H3,(H,36,40)(H,37,41). The molecule has 1 saturated heterocycles. The van der Waals surface area contributed by atoms with Gasteiger partial charge in [-0.3, -0.25) is 14.5 Å². The lowest BCUT2D eigenvalue weighted by molar-refractivity contribution is 0.0920. The summed E-state index contributed by atoms with van der Waals surface area (Å²) < 4.78 is 24.1. The van der Waals surface area contributed by atoms with Gasteiger partial charge < -0.3 is 30.7 Å². The minimum Gasteiger partial charge on any atom is -0.493 e. The van der Waals surface area contributed by atoms with Crippen LogP contribution in [0.2, 0.25) is 0 Å². The van der Waals surface area contributed by atoms with Crippen molar-refractivity contribution in [3.05, 3.63) is 83.2 Å². The monoisotopic (exact) mass is 589 g/mol. The quantitative estimate of drug-likeness (QED) is 0.339. The molecule has 1 saturated carbocycles. The second-order valence-corrected chi connectivity index (χ2v) is 11.2. The fraction of sp³-hybridized carbons (Fsp3) is 0.394. The maximum Gasteiger partial charge on any atom is 0.255 e. The minimum atomic E-state index is -0.324. The molecule has 2 aliphatic rings. The summed E-state index contributed by atoms with van der Waals surface area (Å²) in [6, 6.07) is 16.9. The van der Waals surface area contributed by atoms with Crippen molar-refractivity contribution in [3.8, 4) is 11.5 Å². The Hall–Kier alpha value is -4.15. The molecule has 9 nitrogen and oxygen atoms in total. The van der Waals surface area contributed by atoms with Crippen molar-refractivity contribution in [2.24, 2.45) is 5.73 Å². The van der Waals surface area contributed by atoms with Crippen molar-refractivity contribution in [3.63, 3.8) is 0 Å². The summed E-state index contributed by atoms with van der Waals surface area (Å²) in [4.78, 5) is 31.2. The maximum atomic E-state index is 13.4. The third kappa shape index (κ3) is 7.44. The topological polar surface area (TPSA) is 109 Å². The highest BCUT2D eigenvalue weighted by atomic mass is 19.1. The molecule has 3 aromatic rings. The SMILES string of the molecule is COc1ccc(C(=O)Nc2cc(C(=O)NC3CCCCC3N)ccc2CN2CCN(c3ccc(F)cc3)CC2)cc1OC. The smallest absolute Gasteiger partial charge is 0.255 e. The van der Waals surface area contributed by atoms with Gasteiger partial charge in [-0.1, -0.05) is 18.9 Å². The fourth-order valence-corrected chi connectivity index (χ4v) is 5.79. The van der Waals surface area contributed by atoms with Crippen LogP contribution in [0.3, 0.4) is 0 Å². The first-order chi connectivity index (χ1) is 20.8. The second-order valence-electron chi connectivity index (χ2n) is 11.2. The third-order valence-corrected chi connectivity index (χ3v) is 8.36. The molecule has 2 unspecified atom stereocenters. The molecule has 5 rings (SSSR count). The van der Waals surface area contributed by atoms with E-state index < -0.39 is 0 Å². The van der Waals surface area contributed by atoms with Gasteiger partial charge in [0.05, 0.1) is 14.2 Å². The summed E-state index contributed by atoms with van der Waals surface area (Å²) in [6.45, 7) is 3.76. The molecule has 43 heavy (non-hydrogen) atoms. The highest BCUT2D eigenvalue weighted by Crippen LogP contribution is 2.29. The van der Waals surface area contributed by atoms with E-state index >= 15 is 0 Å². The Bertz CT molecular complexity index is 1430. The number of carbonyl (C=O) groups excluding carboxylic acids is 2. The van der Waals surface area contributed by atoms with Gasteiger partial charge in [-0.05, 0) is 73.0 Å². The Kier molecular flexibility index (Phi) is 9.79. The highest BCUT2D eigenvalue weighted by Gasteiger charge is 2.25. The lowest BCUT2D eigenvalue weighted by atomic mass is 9.91. The van der Waals surface area contributed by atoms with Gasteiger partial charge in [0, 0.05) is 67.3 Å². The molecule has 3 aromatic carbocycles. The summed E-state index contributed by atoms with van der Waals surface area (Å²) in [7, 11) is 3.06. The number of nitrogens with zero attached hydrogens (tertiary/aromatic N) is 2. The number of carbonyl (C=O) groups is 2. The lowest BCUT2D eigenvalue weighted by Crippen LogP contribution is -2.49. The van der Waals surface area contributed by atoms with Gasteiger partial charge in [0.25, 0.3) is 11.8 Å². The van der Waals surface area contributed by atoms with Crippen LogP contribution in [0.25, 0.3) is 0 Å². The number of piperazine rings is 1. The number of nitrogens with two attached hydrogens (primary N) is 1. The number of benzene rings is 3. The molecule has 10 heteroatoms. The summed E-state index contributed by atoms with van der Waals surface area (Å²) in [5, 5.41) is 6.14. The average Bonchev–Trinajstić information content (AvgIpc) is 3.03. The normalized spacial score (nSPS) is 19.0. The van der Waals surface area contributed by atoms with Crippen molar-refractivity contribution in [2.45, 2.75) is 44.3 Å². The first-order valence-corrected chi connectivity index (χ1v) is 14.8. The van der Waals surface area contributed by atoms with Crippen molar-refractivity contribution in [2.75, 3.05) is 50.6 Å². The number of methoxy groups -OCH3 is 2. The molecule has 2 fully saturated rings. The van der Waals surface area contributed by atoms with Gasteiger partial charge in [0.1, 0.15) is 5.82 Å². The van der Waals surface area contributed by atoms with E-state index in [-0.39, 0.29) is 29.7 Å². The van der Waals surface area contributed by atoms with Crippen molar-refractivity contribution in [1.29, 1.82) is 0 Å². The van der Waals surface area contributed by atoms with Crippen molar-refractivity contribution >= 4 is 23.2 Å². The molecular weight excluding hydrogens is 549 g/mol. The molecule has 0 bridgehead atoms. The Morgan fingerprint density at radius 2 is 1.53 bits per heavy atom. The van der Waals surface area contributed by atoms with E-state index in [1.807, 2.05) is 6.07 Å². The molecule has 2 amide bonds. The predicted molar refractivity (Wildman–Crippen MR) is 166 cm³/mol. The van der Waals surface area contributed by atoms with Crippen LogP contribution in [0.15, 0.2) is 60.7 Å². The van der Waals surface area contributed by atoms with Gasteiger partial charge in [0.2, 0.25) is 0 Å². The molecule has 228 valence electrons. The van der Waals surface area contributed by atoms with Gasteiger partial charge in [-0.25, -0.2) is 4.39 Å². The maximum absolute atomic E-state index is 13.4. The lowest BCUT2D eigenvalue weighted by Gasteiger charge is -2.36. The van der Waals surface area contributed by atoms with E-state index in [9.17, 15) is 14.0 Å². The molecule has 2 atom stereocenters. The van der Waals surface area contributed by atoms with Crippen molar-refractivity contribution < 1.29 is 23.5 Å². The summed E-state index contributed by atoms with van der Waals surface area (Å²) >= 11 is 0. The van der Waals surface area contributed by atoms with E-state index in [4.69, 9.17) is 15.2 Å². The third-order valence-electron chi connectivity index (χ3n) is 8.36. The van der Waals surface area contributed by atoms with Crippen LogP contribution < -0.4 is 30.7 Å². The van der Waals surface area contributed by atoms with E-state index in [0.717, 1.165) is 63.1 Å². The fourth-order valence-electron chi connectivity index (χ4n) is 5.79. The number of hydrogen-bond donors (Lipinski definition) is 3. The number of nitrogens with one attached hydrogen (secondary N) is 2. The molecule has 1 aliphatic heterocycles. The first-order valence-electron chi connectivity index (χ1n) is 14.8. The van der Waals surface area contributed by atoms with Gasteiger partial charge >= 0.3 is 0 Å². The molecule has 0 spiro atoms.